The molecular weight excluding hydrogens is 230 g/mol. The summed E-state index contributed by atoms with van der Waals surface area (Å²) in [6.07, 6.45) is 0.676. The number of piperazine rings is 1. The molecule has 2 amide bonds. The summed E-state index contributed by atoms with van der Waals surface area (Å²) in [5, 5.41) is 0. The Labute approximate surface area is 106 Å². The van der Waals surface area contributed by atoms with Gasteiger partial charge in [0.1, 0.15) is 0 Å². The molecule has 2 N–H and O–H groups in total. The molecule has 1 aromatic rings. The summed E-state index contributed by atoms with van der Waals surface area (Å²) in [7, 11) is 1.65. The number of likely N-dealkylation sites (N-methyl/N-ethyl adjacent to an activating group) is 1. The molecule has 0 atom stereocenters. The summed E-state index contributed by atoms with van der Waals surface area (Å²) in [6.45, 7) is 1.72. The summed E-state index contributed by atoms with van der Waals surface area (Å²) in [5.41, 5.74) is 7.58. The van der Waals surface area contributed by atoms with Crippen molar-refractivity contribution in [2.45, 2.75) is 6.42 Å². The van der Waals surface area contributed by atoms with Crippen LogP contribution in [0.2, 0.25) is 0 Å². The predicted molar refractivity (Wildman–Crippen MR) is 68.8 cm³/mol. The van der Waals surface area contributed by atoms with Crippen LogP contribution in [0.5, 0.6) is 0 Å². The average Bonchev–Trinajstić information content (AvgIpc) is 2.37. The Kier molecular flexibility index (Phi) is 3.50. The van der Waals surface area contributed by atoms with Gasteiger partial charge in [0.25, 0.3) is 0 Å². The van der Waals surface area contributed by atoms with Gasteiger partial charge in [0.15, 0.2) is 0 Å². The number of amides is 2. The molecule has 5 heteroatoms. The van der Waals surface area contributed by atoms with Gasteiger partial charge in [-0.25, -0.2) is 0 Å². The van der Waals surface area contributed by atoms with Crippen LogP contribution in [0.4, 0.5) is 5.69 Å². The van der Waals surface area contributed by atoms with Crippen LogP contribution in [0, 0.1) is 0 Å². The van der Waals surface area contributed by atoms with Crippen molar-refractivity contribution in [2.75, 3.05) is 32.4 Å². The topological polar surface area (TPSA) is 66.6 Å². The molecule has 1 aromatic carbocycles. The summed E-state index contributed by atoms with van der Waals surface area (Å²) < 4.78 is 0. The second kappa shape index (κ2) is 5.08. The second-order valence-electron chi connectivity index (χ2n) is 4.47. The van der Waals surface area contributed by atoms with Crippen LogP contribution in [0.1, 0.15) is 5.56 Å². The Morgan fingerprint density at radius 3 is 2.61 bits per heavy atom. The first-order valence-corrected chi connectivity index (χ1v) is 5.97. The zero-order valence-electron chi connectivity index (χ0n) is 10.4. The van der Waals surface area contributed by atoms with E-state index in [4.69, 9.17) is 5.73 Å². The smallest absolute Gasteiger partial charge is 0.312 e. The third-order valence-electron chi connectivity index (χ3n) is 3.23. The number of nitrogens with zero attached hydrogens (tertiary/aromatic N) is 2. The molecule has 0 radical (unpaired) electrons. The summed E-state index contributed by atoms with van der Waals surface area (Å²) >= 11 is 0. The molecule has 1 aliphatic heterocycles. The third kappa shape index (κ3) is 2.45. The lowest BCUT2D eigenvalue weighted by Gasteiger charge is -2.31. The average molecular weight is 247 g/mol. The zero-order chi connectivity index (χ0) is 13.1. The van der Waals surface area contributed by atoms with E-state index in [1.807, 2.05) is 24.3 Å². The first-order chi connectivity index (χ1) is 8.59. The first kappa shape index (κ1) is 12.4. The Balaban J connectivity index is 1.97. The Morgan fingerprint density at radius 1 is 1.17 bits per heavy atom. The molecular formula is C13H17N3O2. The van der Waals surface area contributed by atoms with Crippen molar-refractivity contribution in [1.82, 2.24) is 9.80 Å². The lowest BCUT2D eigenvalue weighted by molar-refractivity contribution is -0.154. The van der Waals surface area contributed by atoms with Crippen LogP contribution >= 0.6 is 0 Å². The molecule has 0 aliphatic carbocycles. The van der Waals surface area contributed by atoms with Gasteiger partial charge in [-0.05, 0) is 18.1 Å². The predicted octanol–water partition coefficient (Wildman–Crippen LogP) is 0.112. The maximum Gasteiger partial charge on any atom is 0.312 e. The number of rotatable bonds is 3. The molecule has 1 saturated heterocycles. The van der Waals surface area contributed by atoms with Gasteiger partial charge in [-0.3, -0.25) is 9.59 Å². The number of nitrogen functional groups attached to an aromatic ring is 1. The van der Waals surface area contributed by atoms with E-state index in [9.17, 15) is 9.59 Å². The van der Waals surface area contributed by atoms with E-state index in [-0.39, 0.29) is 0 Å². The van der Waals surface area contributed by atoms with E-state index in [0.717, 1.165) is 11.3 Å². The lowest BCUT2D eigenvalue weighted by Crippen LogP contribution is -2.53. The Bertz CT molecular complexity index is 473. The number of nitrogens with two attached hydrogens (primary N) is 1. The van der Waals surface area contributed by atoms with Crippen molar-refractivity contribution < 1.29 is 9.59 Å². The fraction of sp³-hybridized carbons (Fsp3) is 0.385. The molecule has 1 fully saturated rings. The van der Waals surface area contributed by atoms with Crippen molar-refractivity contribution in [2.24, 2.45) is 0 Å². The minimum atomic E-state index is -0.428. The largest absolute Gasteiger partial charge is 0.399 e. The summed E-state index contributed by atoms with van der Waals surface area (Å²) in [6, 6.07) is 7.58. The van der Waals surface area contributed by atoms with E-state index < -0.39 is 11.8 Å². The van der Waals surface area contributed by atoms with E-state index >= 15 is 0 Å². The second-order valence-corrected chi connectivity index (χ2v) is 4.47. The quantitative estimate of drug-likeness (QED) is 0.609. The SMILES string of the molecule is CN1CCN(CCc2ccccc2N)C(=O)C1=O. The number of hydrogen-bond acceptors (Lipinski definition) is 3. The van der Waals surface area contributed by atoms with E-state index in [0.29, 0.717) is 26.1 Å². The maximum absolute atomic E-state index is 11.7. The highest BCUT2D eigenvalue weighted by atomic mass is 16.2. The Morgan fingerprint density at radius 2 is 1.89 bits per heavy atom. The van der Waals surface area contributed by atoms with Crippen LogP contribution in [-0.2, 0) is 16.0 Å². The van der Waals surface area contributed by atoms with Crippen molar-refractivity contribution in [1.29, 1.82) is 0 Å². The van der Waals surface area contributed by atoms with Crippen molar-refractivity contribution in [3.63, 3.8) is 0 Å². The van der Waals surface area contributed by atoms with Crippen LogP contribution in [0.15, 0.2) is 24.3 Å². The molecule has 0 bridgehead atoms. The molecule has 2 rings (SSSR count). The van der Waals surface area contributed by atoms with Gasteiger partial charge >= 0.3 is 11.8 Å². The minimum Gasteiger partial charge on any atom is -0.399 e. The fourth-order valence-corrected chi connectivity index (χ4v) is 2.00. The standard InChI is InChI=1S/C13H17N3O2/c1-15-8-9-16(13(18)12(15)17)7-6-10-4-2-3-5-11(10)14/h2-5H,6-9,14H2,1H3. The molecule has 96 valence electrons. The number of anilines is 1. The van der Waals surface area contributed by atoms with Gasteiger partial charge in [0.05, 0.1) is 0 Å². The van der Waals surface area contributed by atoms with Crippen LogP contribution in [0.25, 0.3) is 0 Å². The first-order valence-electron chi connectivity index (χ1n) is 5.97. The van der Waals surface area contributed by atoms with Gasteiger partial charge < -0.3 is 15.5 Å². The molecule has 18 heavy (non-hydrogen) atoms. The van der Waals surface area contributed by atoms with Crippen molar-refractivity contribution in [3.05, 3.63) is 29.8 Å². The molecule has 0 unspecified atom stereocenters. The molecule has 1 aliphatic rings. The zero-order valence-corrected chi connectivity index (χ0v) is 10.4. The highest BCUT2D eigenvalue weighted by Gasteiger charge is 2.29. The van der Waals surface area contributed by atoms with Gasteiger partial charge in [-0.15, -0.1) is 0 Å². The van der Waals surface area contributed by atoms with Gasteiger partial charge in [-0.2, -0.15) is 0 Å². The number of benzene rings is 1. The van der Waals surface area contributed by atoms with E-state index in [2.05, 4.69) is 0 Å². The Hall–Kier alpha value is -2.04. The van der Waals surface area contributed by atoms with Crippen LogP contribution in [-0.4, -0.2) is 48.3 Å². The lowest BCUT2D eigenvalue weighted by atomic mass is 10.1. The van der Waals surface area contributed by atoms with E-state index in [1.54, 1.807) is 11.9 Å². The monoisotopic (exact) mass is 247 g/mol. The molecule has 1 heterocycles. The molecule has 0 saturated carbocycles. The van der Waals surface area contributed by atoms with Gasteiger partial charge in [0.2, 0.25) is 0 Å². The maximum atomic E-state index is 11.7. The third-order valence-corrected chi connectivity index (χ3v) is 3.23. The van der Waals surface area contributed by atoms with Crippen LogP contribution in [0.3, 0.4) is 0 Å². The summed E-state index contributed by atoms with van der Waals surface area (Å²) in [5.74, 6) is -0.847. The number of para-hydroxylation sites is 1. The number of carbonyl (C=O) groups excluding carboxylic acids is 2. The van der Waals surface area contributed by atoms with Gasteiger partial charge in [0, 0.05) is 32.4 Å². The van der Waals surface area contributed by atoms with Crippen molar-refractivity contribution in [3.8, 4) is 0 Å². The molecule has 0 aromatic heterocycles. The highest BCUT2D eigenvalue weighted by Crippen LogP contribution is 2.12. The number of hydrogen-bond donors (Lipinski definition) is 1. The normalized spacial score (nSPS) is 16.3. The van der Waals surface area contributed by atoms with E-state index in [1.165, 1.54) is 4.90 Å². The van der Waals surface area contributed by atoms with Gasteiger partial charge in [-0.1, -0.05) is 18.2 Å². The fourth-order valence-electron chi connectivity index (χ4n) is 2.00. The summed E-state index contributed by atoms with van der Waals surface area (Å²) in [4.78, 5) is 26.3. The number of carbonyl (C=O) groups is 2. The van der Waals surface area contributed by atoms with Crippen molar-refractivity contribution >= 4 is 17.5 Å². The minimum absolute atomic E-state index is 0.418. The highest BCUT2D eigenvalue weighted by molar-refractivity contribution is 6.35. The molecule has 5 nitrogen and oxygen atoms in total. The molecule has 0 spiro atoms. The van der Waals surface area contributed by atoms with Crippen LogP contribution < -0.4 is 5.73 Å².